The van der Waals surface area contributed by atoms with Crippen molar-refractivity contribution in [1.29, 1.82) is 0 Å². The lowest BCUT2D eigenvalue weighted by molar-refractivity contribution is 0.0984. The fourth-order valence-corrected chi connectivity index (χ4v) is 9.84. The van der Waals surface area contributed by atoms with Gasteiger partial charge in [-0.15, -0.1) is 0 Å². The number of allylic oxidation sites excluding steroid dienone is 1. The molecule has 3 saturated carbocycles. The van der Waals surface area contributed by atoms with E-state index >= 15 is 0 Å². The van der Waals surface area contributed by atoms with Crippen LogP contribution in [0, 0.1) is 34.0 Å². The van der Waals surface area contributed by atoms with Crippen LogP contribution in [0.1, 0.15) is 96.3 Å². The van der Waals surface area contributed by atoms with E-state index in [1.54, 1.807) is 18.4 Å². The molecular formula is C37H51N7O2S. The summed E-state index contributed by atoms with van der Waals surface area (Å²) in [4.78, 5) is 30.3. The number of nitrogens with zero attached hydrogens (tertiary/aromatic N) is 4. The average molecular weight is 658 g/mol. The quantitative estimate of drug-likeness (QED) is 0.159. The van der Waals surface area contributed by atoms with Gasteiger partial charge in [0.05, 0.1) is 12.2 Å². The number of nitrogens with two attached hydrogens (primary N) is 1. The number of hydrogen-bond donors (Lipinski definition) is 3. The maximum Gasteiger partial charge on any atom is 0.265 e. The molecule has 4 heterocycles. The predicted molar refractivity (Wildman–Crippen MR) is 190 cm³/mol. The van der Waals surface area contributed by atoms with Gasteiger partial charge in [-0.3, -0.25) is 9.52 Å². The van der Waals surface area contributed by atoms with Crippen molar-refractivity contribution in [2.75, 3.05) is 29.9 Å². The Labute approximate surface area is 284 Å². The lowest BCUT2D eigenvalue weighted by atomic mass is 9.79. The van der Waals surface area contributed by atoms with Crippen LogP contribution in [0.3, 0.4) is 0 Å². The molecule has 2 atom stereocenters. The predicted octanol–water partition coefficient (Wildman–Crippen LogP) is 7.49. The number of hydrogen-bond acceptors (Lipinski definition) is 9. The van der Waals surface area contributed by atoms with E-state index in [2.05, 4.69) is 54.5 Å². The molecule has 10 heteroatoms. The lowest BCUT2D eigenvalue weighted by Crippen LogP contribution is -2.40. The molecule has 2 aromatic heterocycles. The minimum Gasteiger partial charge on any atom is -0.479 e. The first-order valence-corrected chi connectivity index (χ1v) is 18.3. The maximum atomic E-state index is 13.7. The van der Waals surface area contributed by atoms with Crippen molar-refractivity contribution in [2.45, 2.75) is 96.6 Å². The zero-order valence-electron chi connectivity index (χ0n) is 28.6. The smallest absolute Gasteiger partial charge is 0.265 e. The molecule has 3 aliphatic carbocycles. The third-order valence-corrected chi connectivity index (χ3v) is 12.1. The number of nitrogens with one attached hydrogen (secondary N) is 2. The highest BCUT2D eigenvalue weighted by molar-refractivity contribution is 7.97. The number of ether oxygens (including phenoxy) is 1. The summed E-state index contributed by atoms with van der Waals surface area (Å²) >= 11 is 1.22. The highest BCUT2D eigenvalue weighted by Crippen LogP contribution is 2.93. The van der Waals surface area contributed by atoms with Crippen molar-refractivity contribution >= 4 is 41.5 Å². The van der Waals surface area contributed by atoms with Crippen molar-refractivity contribution in [2.24, 2.45) is 44.7 Å². The van der Waals surface area contributed by atoms with Crippen LogP contribution in [0.4, 0.5) is 17.5 Å². The van der Waals surface area contributed by atoms with Gasteiger partial charge in [0, 0.05) is 42.9 Å². The molecule has 0 aromatic carbocycles. The number of aromatic nitrogens is 2. The Hall–Kier alpha value is -3.27. The molecule has 4 N–H and O–H groups in total. The van der Waals surface area contributed by atoms with Crippen molar-refractivity contribution in [1.82, 2.24) is 14.7 Å². The third kappa shape index (κ3) is 6.72. The first-order chi connectivity index (χ1) is 22.4. The van der Waals surface area contributed by atoms with E-state index in [1.807, 2.05) is 24.3 Å². The zero-order valence-corrected chi connectivity index (χ0v) is 29.5. The fraction of sp³-hybridized carbons (Fsp3) is 0.622. The highest BCUT2D eigenvalue weighted by Gasteiger charge is 2.85. The number of carbonyl (C=O) groups excluding carboxylic acids is 1. The summed E-state index contributed by atoms with van der Waals surface area (Å²) < 4.78 is 8.87. The number of carbonyl (C=O) groups is 1. The van der Waals surface area contributed by atoms with Crippen LogP contribution in [0.15, 0.2) is 52.3 Å². The number of pyridine rings is 2. The second-order valence-corrected chi connectivity index (χ2v) is 17.4. The Morgan fingerprint density at radius 3 is 2.64 bits per heavy atom. The van der Waals surface area contributed by atoms with Gasteiger partial charge in [-0.1, -0.05) is 26.8 Å². The van der Waals surface area contributed by atoms with Crippen LogP contribution in [0.25, 0.3) is 0 Å². The third-order valence-electron chi connectivity index (χ3n) is 11.4. The molecule has 47 heavy (non-hydrogen) atoms. The SMILES string of the molecule is CC(C)(C)CC1CNc2cccc(n2)SNC(=O)c2ccc(N=C/C=C(\N)OCCC3C4(CC4)C34CC4)nc2N2CC(C1)CC2(C)C. The summed E-state index contributed by atoms with van der Waals surface area (Å²) in [5, 5.41) is 4.33. The molecule has 5 aliphatic rings. The van der Waals surface area contributed by atoms with Crippen LogP contribution in [-0.2, 0) is 4.74 Å². The molecule has 2 unspecified atom stereocenters. The normalized spacial score (nSPS) is 25.9. The van der Waals surface area contributed by atoms with Gasteiger partial charge in [0.25, 0.3) is 5.91 Å². The van der Waals surface area contributed by atoms with E-state index in [0.717, 1.165) is 55.5 Å². The molecule has 2 spiro atoms. The van der Waals surface area contributed by atoms with Gasteiger partial charge < -0.3 is 20.7 Å². The summed E-state index contributed by atoms with van der Waals surface area (Å²) in [5.41, 5.74) is 8.12. The molecule has 0 radical (unpaired) electrons. The van der Waals surface area contributed by atoms with Gasteiger partial charge in [0.2, 0.25) is 0 Å². The van der Waals surface area contributed by atoms with Crippen LogP contribution < -0.4 is 20.7 Å². The fourth-order valence-electron chi connectivity index (χ4n) is 9.24. The van der Waals surface area contributed by atoms with Crippen LogP contribution >= 0.6 is 11.9 Å². The van der Waals surface area contributed by atoms with Gasteiger partial charge >= 0.3 is 0 Å². The van der Waals surface area contributed by atoms with E-state index in [-0.39, 0.29) is 16.9 Å². The Bertz CT molecular complexity index is 1550. The van der Waals surface area contributed by atoms with Crippen molar-refractivity contribution in [3.05, 3.63) is 47.9 Å². The topological polar surface area (TPSA) is 118 Å². The first kappa shape index (κ1) is 32.3. The van der Waals surface area contributed by atoms with Gasteiger partial charge in [0.15, 0.2) is 11.7 Å². The summed E-state index contributed by atoms with van der Waals surface area (Å²) in [6, 6.07) is 9.51. The Balaban J connectivity index is 1.10. The molecule has 2 aliphatic heterocycles. The van der Waals surface area contributed by atoms with E-state index in [0.29, 0.717) is 52.4 Å². The van der Waals surface area contributed by atoms with Gasteiger partial charge in [-0.05, 0) is 123 Å². The number of anilines is 2. The molecular weight excluding hydrogens is 607 g/mol. The average Bonchev–Trinajstić information content (AvgIpc) is 3.96. The van der Waals surface area contributed by atoms with E-state index < -0.39 is 0 Å². The van der Waals surface area contributed by atoms with Crippen molar-refractivity contribution < 1.29 is 9.53 Å². The number of amides is 1. The minimum atomic E-state index is -0.206. The standard InChI is InChI=1S/C37H51N7O2S/c1-34(2,3)20-24-19-25-21-35(4,5)44(23-25)32-26(33(45)43-47-31-8-6-7-29(41-31)40-22-24)9-10-30(42-32)39-17-11-28(38)46-18-12-27-36(13-14-36)37(27)15-16-37/h6-11,17,24-25,27H,12-16,18-23,38H2,1-5H3,(H,40,41)(H,43,45)/b28-11+,39-17?. The molecule has 9 nitrogen and oxygen atoms in total. The monoisotopic (exact) mass is 657 g/mol. The van der Waals surface area contributed by atoms with Crippen molar-refractivity contribution in [3.63, 3.8) is 0 Å². The second-order valence-electron chi connectivity index (χ2n) is 16.5. The van der Waals surface area contributed by atoms with Crippen LogP contribution in [0.5, 0.6) is 0 Å². The number of aliphatic imine (C=N–C) groups is 1. The molecule has 1 saturated heterocycles. The van der Waals surface area contributed by atoms with Gasteiger partial charge in [-0.2, -0.15) is 0 Å². The van der Waals surface area contributed by atoms with E-state index in [1.165, 1.54) is 37.6 Å². The van der Waals surface area contributed by atoms with Gasteiger partial charge in [-0.25, -0.2) is 15.0 Å². The van der Waals surface area contributed by atoms with Crippen LogP contribution in [0.2, 0.25) is 0 Å². The first-order valence-electron chi connectivity index (χ1n) is 17.5. The minimum absolute atomic E-state index is 0.178. The highest BCUT2D eigenvalue weighted by atomic mass is 32.2. The largest absolute Gasteiger partial charge is 0.479 e. The lowest BCUT2D eigenvalue weighted by Gasteiger charge is -2.33. The summed E-state index contributed by atoms with van der Waals surface area (Å²) in [6.45, 7) is 13.8. The number of fused-ring (bicyclic) bond motifs is 7. The molecule has 252 valence electrons. The Kier molecular flexibility index (Phi) is 8.25. The van der Waals surface area contributed by atoms with Crippen LogP contribution in [-0.4, -0.2) is 47.3 Å². The second kappa shape index (κ2) is 12.0. The van der Waals surface area contributed by atoms with E-state index in [9.17, 15) is 4.79 Å². The zero-order chi connectivity index (χ0) is 33.0. The summed E-state index contributed by atoms with van der Waals surface area (Å²) in [5.74, 6) is 3.97. The maximum absolute atomic E-state index is 13.7. The molecule has 1 amide bonds. The number of rotatable bonds is 7. The molecule has 4 fully saturated rings. The Morgan fingerprint density at radius 1 is 1.15 bits per heavy atom. The molecule has 2 aromatic rings. The van der Waals surface area contributed by atoms with Gasteiger partial charge in [0.1, 0.15) is 16.7 Å². The van der Waals surface area contributed by atoms with Crippen molar-refractivity contribution in [3.8, 4) is 0 Å². The molecule has 4 bridgehead atoms. The summed E-state index contributed by atoms with van der Waals surface area (Å²) in [6.07, 6.45) is 13.3. The van der Waals surface area contributed by atoms with E-state index in [4.69, 9.17) is 20.4 Å². The Morgan fingerprint density at radius 2 is 1.91 bits per heavy atom. The summed E-state index contributed by atoms with van der Waals surface area (Å²) in [7, 11) is 0. The molecule has 7 rings (SSSR count).